The molecule has 1 fully saturated rings. The van der Waals surface area contributed by atoms with Crippen molar-refractivity contribution in [2.75, 3.05) is 6.61 Å². The first-order valence-corrected chi connectivity index (χ1v) is 3.83. The molecule has 0 aromatic rings. The molecule has 0 aromatic carbocycles. The minimum absolute atomic E-state index is 0.260. The summed E-state index contributed by atoms with van der Waals surface area (Å²) < 4.78 is 4.78. The number of carbonyl (C=O) groups is 2. The third-order valence-electron chi connectivity index (χ3n) is 1.87. The molecule has 62 valence electrons. The van der Waals surface area contributed by atoms with Crippen LogP contribution in [0.4, 0.5) is 0 Å². The third kappa shape index (κ3) is 2.70. The van der Waals surface area contributed by atoms with Crippen LogP contribution in [0.3, 0.4) is 0 Å². The van der Waals surface area contributed by atoms with Gasteiger partial charge in [0.25, 0.3) is 0 Å². The predicted octanol–water partition coefficient (Wildman–Crippen LogP) is 0.919. The Kier molecular flexibility index (Phi) is 2.63. The molecule has 3 nitrogen and oxygen atoms in total. The molecule has 0 radical (unpaired) electrons. The molecule has 0 heterocycles. The molecule has 0 aromatic heterocycles. The summed E-state index contributed by atoms with van der Waals surface area (Å²) in [5.41, 5.74) is 0. The summed E-state index contributed by atoms with van der Waals surface area (Å²) >= 11 is 0. The van der Waals surface area contributed by atoms with Gasteiger partial charge < -0.3 is 4.74 Å². The van der Waals surface area contributed by atoms with E-state index in [4.69, 9.17) is 4.74 Å². The predicted molar refractivity (Wildman–Crippen MR) is 39.0 cm³/mol. The summed E-state index contributed by atoms with van der Waals surface area (Å²) in [4.78, 5) is 21.1. The molecule has 0 bridgehead atoms. The van der Waals surface area contributed by atoms with Gasteiger partial charge in [0.15, 0.2) is 0 Å². The normalized spacial score (nSPS) is 23.7. The van der Waals surface area contributed by atoms with E-state index < -0.39 is 0 Å². The molecular formula is C8H12O3. The minimum Gasteiger partial charge on any atom is -0.466 e. The van der Waals surface area contributed by atoms with Crippen LogP contribution in [0.1, 0.15) is 26.2 Å². The van der Waals surface area contributed by atoms with Crippen LogP contribution in [0.15, 0.2) is 0 Å². The van der Waals surface area contributed by atoms with Crippen LogP contribution in [-0.4, -0.2) is 18.4 Å². The van der Waals surface area contributed by atoms with Crippen LogP contribution >= 0.6 is 0 Å². The monoisotopic (exact) mass is 156 g/mol. The van der Waals surface area contributed by atoms with Gasteiger partial charge in [0.2, 0.25) is 0 Å². The summed E-state index contributed by atoms with van der Waals surface area (Å²) in [6, 6.07) is 0. The number of Topliss-reactive ketones (excluding diaryl/α,β-unsaturated/α-hetero) is 1. The van der Waals surface area contributed by atoms with Gasteiger partial charge in [-0.05, 0) is 6.42 Å². The van der Waals surface area contributed by atoms with Gasteiger partial charge in [-0.2, -0.15) is 0 Å². The van der Waals surface area contributed by atoms with E-state index in [0.29, 0.717) is 25.2 Å². The average Bonchev–Trinajstić information content (AvgIpc) is 2.31. The highest BCUT2D eigenvalue weighted by molar-refractivity contribution is 5.80. The second-order valence-electron chi connectivity index (χ2n) is 2.95. The molecule has 0 N–H and O–H groups in total. The Balaban J connectivity index is 2.18. The van der Waals surface area contributed by atoms with Gasteiger partial charge in [-0.1, -0.05) is 0 Å². The van der Waals surface area contributed by atoms with Crippen molar-refractivity contribution in [3.05, 3.63) is 0 Å². The van der Waals surface area contributed by atoms with Crippen molar-refractivity contribution in [3.8, 4) is 0 Å². The first-order valence-electron chi connectivity index (χ1n) is 3.83. The Morgan fingerprint density at radius 2 is 2.45 bits per heavy atom. The van der Waals surface area contributed by atoms with Gasteiger partial charge in [-0.25, -0.2) is 0 Å². The van der Waals surface area contributed by atoms with E-state index in [1.54, 1.807) is 0 Å². The fourth-order valence-electron chi connectivity index (χ4n) is 1.27. The van der Waals surface area contributed by atoms with Crippen LogP contribution in [-0.2, 0) is 14.3 Å². The van der Waals surface area contributed by atoms with Gasteiger partial charge in [0.05, 0.1) is 6.61 Å². The Morgan fingerprint density at radius 3 is 2.91 bits per heavy atom. The highest BCUT2D eigenvalue weighted by atomic mass is 16.5. The molecule has 1 aliphatic rings. The Bertz CT molecular complexity index is 174. The molecule has 11 heavy (non-hydrogen) atoms. The summed E-state index contributed by atoms with van der Waals surface area (Å²) in [5, 5.41) is 0. The Hall–Kier alpha value is -0.860. The number of rotatable bonds is 2. The zero-order chi connectivity index (χ0) is 8.27. The molecule has 1 rings (SSSR count). The van der Waals surface area contributed by atoms with Crippen molar-refractivity contribution in [3.63, 3.8) is 0 Å². The number of hydrogen-bond donors (Lipinski definition) is 0. The lowest BCUT2D eigenvalue weighted by Crippen LogP contribution is -2.09. The number of ether oxygens (including phenoxy) is 1. The minimum atomic E-state index is -0.260. The maximum Gasteiger partial charge on any atom is 0.302 e. The maximum atomic E-state index is 10.8. The van der Waals surface area contributed by atoms with E-state index in [1.807, 2.05) is 0 Å². The standard InChI is InChI=1S/C8H12O3/c1-6(9)11-5-7-2-3-8(10)4-7/h7H,2-5H2,1H3/t7-/m0/s1. The van der Waals surface area contributed by atoms with Crippen molar-refractivity contribution in [2.45, 2.75) is 26.2 Å². The third-order valence-corrected chi connectivity index (χ3v) is 1.87. The number of ketones is 1. The zero-order valence-corrected chi connectivity index (χ0v) is 6.63. The molecule has 1 saturated carbocycles. The highest BCUT2D eigenvalue weighted by Gasteiger charge is 2.22. The molecule has 0 aliphatic heterocycles. The van der Waals surface area contributed by atoms with Gasteiger partial charge >= 0.3 is 5.97 Å². The Labute approximate surface area is 65.7 Å². The van der Waals surface area contributed by atoms with E-state index in [9.17, 15) is 9.59 Å². The van der Waals surface area contributed by atoms with Crippen molar-refractivity contribution >= 4 is 11.8 Å². The fraction of sp³-hybridized carbons (Fsp3) is 0.750. The van der Waals surface area contributed by atoms with Crippen LogP contribution in [0, 0.1) is 5.92 Å². The van der Waals surface area contributed by atoms with Gasteiger partial charge in [-0.3, -0.25) is 9.59 Å². The quantitative estimate of drug-likeness (QED) is 0.558. The van der Waals surface area contributed by atoms with E-state index in [1.165, 1.54) is 6.92 Å². The molecule has 0 amide bonds. The van der Waals surface area contributed by atoms with E-state index >= 15 is 0 Å². The van der Waals surface area contributed by atoms with Crippen LogP contribution in [0.25, 0.3) is 0 Å². The highest BCUT2D eigenvalue weighted by Crippen LogP contribution is 2.21. The SMILES string of the molecule is CC(=O)OC[C@H]1CCC(=O)C1. The second-order valence-corrected chi connectivity index (χ2v) is 2.95. The smallest absolute Gasteiger partial charge is 0.302 e. The second kappa shape index (κ2) is 3.51. The Morgan fingerprint density at radius 1 is 1.73 bits per heavy atom. The molecule has 3 heteroatoms. The van der Waals surface area contributed by atoms with E-state index in [-0.39, 0.29) is 11.9 Å². The number of carbonyl (C=O) groups excluding carboxylic acids is 2. The van der Waals surface area contributed by atoms with Gasteiger partial charge in [0, 0.05) is 25.7 Å². The number of hydrogen-bond acceptors (Lipinski definition) is 3. The topological polar surface area (TPSA) is 43.4 Å². The fourth-order valence-corrected chi connectivity index (χ4v) is 1.27. The van der Waals surface area contributed by atoms with Gasteiger partial charge in [0.1, 0.15) is 5.78 Å². The van der Waals surface area contributed by atoms with Gasteiger partial charge in [-0.15, -0.1) is 0 Å². The molecule has 1 aliphatic carbocycles. The lowest BCUT2D eigenvalue weighted by atomic mass is 10.1. The summed E-state index contributed by atoms with van der Waals surface area (Å²) in [6.45, 7) is 1.80. The lowest BCUT2D eigenvalue weighted by molar-refractivity contribution is -0.142. The van der Waals surface area contributed by atoms with Crippen molar-refractivity contribution in [1.82, 2.24) is 0 Å². The van der Waals surface area contributed by atoms with Crippen molar-refractivity contribution in [2.24, 2.45) is 5.92 Å². The number of esters is 1. The molecule has 1 atom stereocenters. The summed E-state index contributed by atoms with van der Waals surface area (Å²) in [6.07, 6.45) is 2.13. The van der Waals surface area contributed by atoms with Crippen LogP contribution in [0.2, 0.25) is 0 Å². The molecule has 0 unspecified atom stereocenters. The largest absolute Gasteiger partial charge is 0.466 e. The van der Waals surface area contributed by atoms with E-state index in [0.717, 1.165) is 6.42 Å². The zero-order valence-electron chi connectivity index (χ0n) is 6.63. The average molecular weight is 156 g/mol. The van der Waals surface area contributed by atoms with E-state index in [2.05, 4.69) is 0 Å². The molecular weight excluding hydrogens is 144 g/mol. The first kappa shape index (κ1) is 8.24. The molecule has 0 saturated heterocycles. The first-order chi connectivity index (χ1) is 5.18. The van der Waals surface area contributed by atoms with Crippen LogP contribution < -0.4 is 0 Å². The van der Waals surface area contributed by atoms with Crippen molar-refractivity contribution < 1.29 is 14.3 Å². The summed E-state index contributed by atoms with van der Waals surface area (Å²) in [5.74, 6) is 0.318. The van der Waals surface area contributed by atoms with Crippen molar-refractivity contribution in [1.29, 1.82) is 0 Å². The summed E-state index contributed by atoms with van der Waals surface area (Å²) in [7, 11) is 0. The maximum absolute atomic E-state index is 10.8. The molecule has 0 spiro atoms. The van der Waals surface area contributed by atoms with Crippen LogP contribution in [0.5, 0.6) is 0 Å². The lowest BCUT2D eigenvalue weighted by Gasteiger charge is -2.06.